The van der Waals surface area contributed by atoms with Gasteiger partial charge in [-0.05, 0) is 24.3 Å². The summed E-state index contributed by atoms with van der Waals surface area (Å²) >= 11 is 0. The van der Waals surface area contributed by atoms with Crippen LogP contribution in [0.25, 0.3) is 10.9 Å². The lowest BCUT2D eigenvalue weighted by molar-refractivity contribution is 0.277. The first-order valence-electron chi connectivity index (χ1n) is 4.24. The Labute approximate surface area is 81.2 Å². The third kappa shape index (κ3) is 1.43. The molecule has 0 bridgehead atoms. The van der Waals surface area contributed by atoms with Gasteiger partial charge in [-0.2, -0.15) is 5.26 Å². The molecule has 0 aliphatic rings. The number of rotatable bonds is 1. The quantitative estimate of drug-likeness (QED) is 0.732. The van der Waals surface area contributed by atoms with E-state index in [-0.39, 0.29) is 6.61 Å². The van der Waals surface area contributed by atoms with Gasteiger partial charge in [-0.3, -0.25) is 4.98 Å². The molecule has 0 atom stereocenters. The highest BCUT2D eigenvalue weighted by Crippen LogP contribution is 2.14. The summed E-state index contributed by atoms with van der Waals surface area (Å²) in [4.78, 5) is 4.21. The molecule has 68 valence electrons. The van der Waals surface area contributed by atoms with Crippen LogP contribution in [-0.2, 0) is 6.61 Å². The van der Waals surface area contributed by atoms with Crippen molar-refractivity contribution >= 4 is 10.9 Å². The number of aromatic nitrogens is 1. The van der Waals surface area contributed by atoms with E-state index < -0.39 is 0 Å². The number of fused-ring (bicyclic) bond motifs is 1. The molecule has 0 aliphatic heterocycles. The molecule has 0 radical (unpaired) electrons. The van der Waals surface area contributed by atoms with Crippen molar-refractivity contribution in [1.82, 2.24) is 4.98 Å². The first-order chi connectivity index (χ1) is 6.83. The van der Waals surface area contributed by atoms with Crippen molar-refractivity contribution in [2.24, 2.45) is 0 Å². The summed E-state index contributed by atoms with van der Waals surface area (Å²) in [6, 6.07) is 11.0. The molecule has 1 heterocycles. The van der Waals surface area contributed by atoms with Gasteiger partial charge in [0, 0.05) is 5.39 Å². The number of nitriles is 1. The van der Waals surface area contributed by atoms with Gasteiger partial charge in [0.2, 0.25) is 0 Å². The van der Waals surface area contributed by atoms with Crippen LogP contribution in [0.15, 0.2) is 30.3 Å². The third-order valence-electron chi connectivity index (χ3n) is 2.04. The molecule has 1 aromatic carbocycles. The largest absolute Gasteiger partial charge is 0.390 e. The van der Waals surface area contributed by atoms with E-state index in [1.54, 1.807) is 24.3 Å². The zero-order valence-electron chi connectivity index (χ0n) is 7.44. The second-order valence-electron chi connectivity index (χ2n) is 2.98. The molecule has 3 heteroatoms. The number of aliphatic hydroxyl groups excluding tert-OH is 1. The van der Waals surface area contributed by atoms with Crippen LogP contribution in [0.5, 0.6) is 0 Å². The van der Waals surface area contributed by atoms with Gasteiger partial charge in [0.05, 0.1) is 29.5 Å². The van der Waals surface area contributed by atoms with Crippen molar-refractivity contribution in [3.05, 3.63) is 41.6 Å². The maximum absolute atomic E-state index is 8.88. The van der Waals surface area contributed by atoms with Crippen molar-refractivity contribution < 1.29 is 5.11 Å². The fourth-order valence-electron chi connectivity index (χ4n) is 1.33. The Balaban J connectivity index is 2.64. The first-order valence-corrected chi connectivity index (χ1v) is 4.24. The summed E-state index contributed by atoms with van der Waals surface area (Å²) in [6.07, 6.45) is 0. The number of nitrogens with zero attached hydrogens (tertiary/aromatic N) is 2. The van der Waals surface area contributed by atoms with Crippen LogP contribution in [0, 0.1) is 11.3 Å². The third-order valence-corrected chi connectivity index (χ3v) is 2.04. The zero-order valence-corrected chi connectivity index (χ0v) is 7.44. The van der Waals surface area contributed by atoms with E-state index in [0.29, 0.717) is 11.3 Å². The van der Waals surface area contributed by atoms with Gasteiger partial charge < -0.3 is 5.11 Å². The minimum atomic E-state index is -0.0596. The molecule has 0 fully saturated rings. The van der Waals surface area contributed by atoms with Gasteiger partial charge in [-0.15, -0.1) is 0 Å². The molecule has 0 saturated heterocycles. The van der Waals surface area contributed by atoms with Crippen molar-refractivity contribution in [3.63, 3.8) is 0 Å². The Morgan fingerprint density at radius 1 is 1.29 bits per heavy atom. The van der Waals surface area contributed by atoms with Crippen LogP contribution in [0.2, 0.25) is 0 Å². The average molecular weight is 184 g/mol. The minimum Gasteiger partial charge on any atom is -0.390 e. The van der Waals surface area contributed by atoms with Gasteiger partial charge in [0.1, 0.15) is 0 Å². The van der Waals surface area contributed by atoms with E-state index in [9.17, 15) is 0 Å². The Morgan fingerprint density at radius 2 is 2.14 bits per heavy atom. The molecule has 1 aromatic heterocycles. The molecule has 1 N–H and O–H groups in total. The maximum atomic E-state index is 8.88. The summed E-state index contributed by atoms with van der Waals surface area (Å²) in [5.41, 5.74) is 2.06. The van der Waals surface area contributed by atoms with E-state index in [2.05, 4.69) is 11.1 Å². The monoisotopic (exact) mass is 184 g/mol. The number of aliphatic hydroxyl groups is 1. The highest BCUT2D eigenvalue weighted by Gasteiger charge is 1.98. The average Bonchev–Trinajstić information content (AvgIpc) is 2.27. The van der Waals surface area contributed by atoms with E-state index in [0.717, 1.165) is 10.9 Å². The van der Waals surface area contributed by atoms with Crippen molar-refractivity contribution in [3.8, 4) is 6.07 Å². The highest BCUT2D eigenvalue weighted by molar-refractivity contribution is 5.80. The van der Waals surface area contributed by atoms with Crippen LogP contribution in [-0.4, -0.2) is 10.1 Å². The van der Waals surface area contributed by atoms with Crippen molar-refractivity contribution in [2.75, 3.05) is 0 Å². The van der Waals surface area contributed by atoms with Crippen molar-refractivity contribution in [1.29, 1.82) is 5.26 Å². The smallest absolute Gasteiger partial charge is 0.0991 e. The lowest BCUT2D eigenvalue weighted by Gasteiger charge is -1.99. The minimum absolute atomic E-state index is 0.0596. The number of pyridine rings is 1. The number of benzene rings is 1. The molecule has 0 aliphatic carbocycles. The lowest BCUT2D eigenvalue weighted by atomic mass is 10.1. The van der Waals surface area contributed by atoms with Crippen LogP contribution >= 0.6 is 0 Å². The SMILES string of the molecule is N#Cc1ccc2nc(CO)ccc2c1. The van der Waals surface area contributed by atoms with E-state index in [4.69, 9.17) is 10.4 Å². The highest BCUT2D eigenvalue weighted by atomic mass is 16.3. The first kappa shape index (κ1) is 8.67. The lowest BCUT2D eigenvalue weighted by Crippen LogP contribution is -1.89. The van der Waals surface area contributed by atoms with Gasteiger partial charge in [-0.1, -0.05) is 6.07 Å². The summed E-state index contributed by atoms with van der Waals surface area (Å²) in [5, 5.41) is 18.5. The Morgan fingerprint density at radius 3 is 2.86 bits per heavy atom. The molecule has 2 aromatic rings. The van der Waals surface area contributed by atoms with Crippen molar-refractivity contribution in [2.45, 2.75) is 6.61 Å². The summed E-state index contributed by atoms with van der Waals surface area (Å²) < 4.78 is 0. The summed E-state index contributed by atoms with van der Waals surface area (Å²) in [6.45, 7) is -0.0596. The Kier molecular flexibility index (Phi) is 2.13. The molecule has 0 spiro atoms. The molecule has 3 nitrogen and oxygen atoms in total. The molecular weight excluding hydrogens is 176 g/mol. The van der Waals surface area contributed by atoms with Gasteiger partial charge in [0.25, 0.3) is 0 Å². The fraction of sp³-hybridized carbons (Fsp3) is 0.0909. The molecular formula is C11H8N2O. The normalized spacial score (nSPS) is 10.0. The fourth-order valence-corrected chi connectivity index (χ4v) is 1.33. The zero-order chi connectivity index (χ0) is 9.97. The molecule has 0 saturated carbocycles. The van der Waals surface area contributed by atoms with Crippen LogP contribution in [0.3, 0.4) is 0 Å². The van der Waals surface area contributed by atoms with Gasteiger partial charge in [-0.25, -0.2) is 0 Å². The van der Waals surface area contributed by atoms with E-state index >= 15 is 0 Å². The predicted molar refractivity (Wildman–Crippen MR) is 52.4 cm³/mol. The molecule has 14 heavy (non-hydrogen) atoms. The Hall–Kier alpha value is -1.92. The molecule has 0 unspecified atom stereocenters. The summed E-state index contributed by atoms with van der Waals surface area (Å²) in [5.74, 6) is 0. The molecule has 0 amide bonds. The second kappa shape index (κ2) is 3.44. The maximum Gasteiger partial charge on any atom is 0.0991 e. The van der Waals surface area contributed by atoms with Crippen LogP contribution in [0.4, 0.5) is 0 Å². The van der Waals surface area contributed by atoms with Gasteiger partial charge >= 0.3 is 0 Å². The van der Waals surface area contributed by atoms with Crippen LogP contribution in [0.1, 0.15) is 11.3 Å². The summed E-state index contributed by atoms with van der Waals surface area (Å²) in [7, 11) is 0. The Bertz CT molecular complexity index is 514. The number of hydrogen-bond donors (Lipinski definition) is 1. The predicted octanol–water partition coefficient (Wildman–Crippen LogP) is 1.60. The topological polar surface area (TPSA) is 56.9 Å². The van der Waals surface area contributed by atoms with E-state index in [1.165, 1.54) is 0 Å². The molecule has 2 rings (SSSR count). The number of hydrogen-bond acceptors (Lipinski definition) is 3. The van der Waals surface area contributed by atoms with E-state index in [1.807, 2.05) is 6.07 Å². The second-order valence-corrected chi connectivity index (χ2v) is 2.98. The van der Waals surface area contributed by atoms with Crippen LogP contribution < -0.4 is 0 Å². The van der Waals surface area contributed by atoms with Gasteiger partial charge in [0.15, 0.2) is 0 Å². The standard InChI is InChI=1S/C11H8N2O/c12-6-8-1-4-11-9(5-8)2-3-10(7-14)13-11/h1-5,14H,7H2.